The van der Waals surface area contributed by atoms with Crippen molar-refractivity contribution < 1.29 is 4.74 Å². The van der Waals surface area contributed by atoms with Crippen LogP contribution in [0.5, 0.6) is 0 Å². The molecular formula is C20H37N7O. The van der Waals surface area contributed by atoms with E-state index in [1.54, 1.807) is 6.34 Å². The predicted octanol–water partition coefficient (Wildman–Crippen LogP) is 1.28. The Hall–Kier alpha value is -1.51. The molecular weight excluding hydrogens is 354 g/mol. The molecule has 158 valence electrons. The SMILES string of the molecule is CCC(=N/C=N\N[C@@H](C)[C@@H]1CC=NC1N1CCC[C@@H](N)C1)N1CCOC(C)C1. The predicted molar refractivity (Wildman–Crippen MR) is 115 cm³/mol. The lowest BCUT2D eigenvalue weighted by molar-refractivity contribution is 0.00527. The standard InChI is InChI=1S/C20H37N7O/c1-4-19(26-10-11-28-15(2)12-26)23-14-24-25-16(3)18-7-8-22-20(18)27-9-5-6-17(21)13-27/h8,14-18,20,25H,4-7,9-13,21H2,1-3H3/b23-19?,24-14-/t15?,16-,17+,18-,20?/m0/s1. The van der Waals surface area contributed by atoms with E-state index in [4.69, 9.17) is 15.5 Å². The van der Waals surface area contributed by atoms with Gasteiger partial charge in [-0.05, 0) is 33.1 Å². The topological polar surface area (TPSA) is 90.8 Å². The second kappa shape index (κ2) is 10.3. The number of morpholine rings is 1. The third kappa shape index (κ3) is 5.52. The molecule has 8 heteroatoms. The summed E-state index contributed by atoms with van der Waals surface area (Å²) in [7, 11) is 0. The summed E-state index contributed by atoms with van der Waals surface area (Å²) in [6, 6.07) is 0.502. The van der Waals surface area contributed by atoms with E-state index in [2.05, 4.69) is 52.3 Å². The van der Waals surface area contributed by atoms with Gasteiger partial charge in [0.15, 0.2) is 0 Å². The van der Waals surface area contributed by atoms with Gasteiger partial charge in [0.05, 0.1) is 12.7 Å². The molecule has 0 aliphatic carbocycles. The zero-order chi connectivity index (χ0) is 19.9. The summed E-state index contributed by atoms with van der Waals surface area (Å²) in [5.41, 5.74) is 9.44. The van der Waals surface area contributed by atoms with Crippen molar-refractivity contribution in [3.05, 3.63) is 0 Å². The largest absolute Gasteiger partial charge is 0.375 e. The zero-order valence-corrected chi connectivity index (χ0v) is 17.6. The number of hydrazone groups is 1. The lowest BCUT2D eigenvalue weighted by Crippen LogP contribution is -2.51. The van der Waals surface area contributed by atoms with Gasteiger partial charge in [-0.2, -0.15) is 5.10 Å². The van der Waals surface area contributed by atoms with E-state index in [-0.39, 0.29) is 24.4 Å². The number of likely N-dealkylation sites (tertiary alicyclic amines) is 1. The summed E-state index contributed by atoms with van der Waals surface area (Å²) in [4.78, 5) is 14.1. The number of ether oxygens (including phenoxy) is 1. The highest BCUT2D eigenvalue weighted by Crippen LogP contribution is 2.26. The highest BCUT2D eigenvalue weighted by atomic mass is 16.5. The van der Waals surface area contributed by atoms with Gasteiger partial charge in [-0.1, -0.05) is 6.92 Å². The quantitative estimate of drug-likeness (QED) is 0.404. The molecule has 28 heavy (non-hydrogen) atoms. The first-order valence-electron chi connectivity index (χ1n) is 10.8. The summed E-state index contributed by atoms with van der Waals surface area (Å²) in [5.74, 6) is 1.48. The highest BCUT2D eigenvalue weighted by molar-refractivity contribution is 5.88. The van der Waals surface area contributed by atoms with Crippen molar-refractivity contribution in [2.75, 3.05) is 32.8 Å². The van der Waals surface area contributed by atoms with Crippen molar-refractivity contribution in [3.8, 4) is 0 Å². The normalized spacial score (nSPS) is 33.6. The van der Waals surface area contributed by atoms with Gasteiger partial charge in [-0.25, -0.2) is 4.99 Å². The van der Waals surface area contributed by atoms with Crippen molar-refractivity contribution in [2.24, 2.45) is 26.7 Å². The first kappa shape index (κ1) is 21.2. The molecule has 3 rings (SSSR count). The third-order valence-electron chi connectivity index (χ3n) is 5.99. The van der Waals surface area contributed by atoms with Crippen molar-refractivity contribution in [2.45, 2.75) is 70.8 Å². The highest BCUT2D eigenvalue weighted by Gasteiger charge is 2.35. The molecule has 5 atom stereocenters. The Morgan fingerprint density at radius 3 is 3.04 bits per heavy atom. The van der Waals surface area contributed by atoms with Gasteiger partial charge in [0.2, 0.25) is 0 Å². The van der Waals surface area contributed by atoms with Gasteiger partial charge < -0.3 is 20.8 Å². The van der Waals surface area contributed by atoms with Crippen LogP contribution >= 0.6 is 0 Å². The second-order valence-corrected chi connectivity index (χ2v) is 8.23. The number of aliphatic imine (C=N–C) groups is 2. The Morgan fingerprint density at radius 1 is 1.43 bits per heavy atom. The van der Waals surface area contributed by atoms with Crippen LogP contribution in [-0.2, 0) is 4.74 Å². The van der Waals surface area contributed by atoms with Crippen LogP contribution < -0.4 is 11.2 Å². The van der Waals surface area contributed by atoms with Crippen molar-refractivity contribution in [1.82, 2.24) is 15.2 Å². The number of rotatable bonds is 6. The second-order valence-electron chi connectivity index (χ2n) is 8.23. The fourth-order valence-corrected chi connectivity index (χ4v) is 4.42. The zero-order valence-electron chi connectivity index (χ0n) is 17.6. The fraction of sp³-hybridized carbons (Fsp3) is 0.850. The van der Waals surface area contributed by atoms with Crippen molar-refractivity contribution in [1.29, 1.82) is 0 Å². The van der Waals surface area contributed by atoms with Crippen LogP contribution in [0.25, 0.3) is 0 Å². The molecule has 0 aromatic heterocycles. The third-order valence-corrected chi connectivity index (χ3v) is 5.99. The molecule has 2 saturated heterocycles. The minimum absolute atomic E-state index is 0.216. The summed E-state index contributed by atoms with van der Waals surface area (Å²) >= 11 is 0. The van der Waals surface area contributed by atoms with Gasteiger partial charge >= 0.3 is 0 Å². The average molecular weight is 392 g/mol. The minimum Gasteiger partial charge on any atom is -0.375 e. The lowest BCUT2D eigenvalue weighted by Gasteiger charge is -2.38. The number of piperidine rings is 1. The van der Waals surface area contributed by atoms with Crippen molar-refractivity contribution in [3.63, 3.8) is 0 Å². The van der Waals surface area contributed by atoms with E-state index in [9.17, 15) is 0 Å². The molecule has 0 aromatic rings. The number of nitrogens with one attached hydrogen (secondary N) is 1. The average Bonchev–Trinajstić information content (AvgIpc) is 3.18. The van der Waals surface area contributed by atoms with Crippen molar-refractivity contribution >= 4 is 18.4 Å². The number of nitrogens with two attached hydrogens (primary N) is 1. The summed E-state index contributed by atoms with van der Waals surface area (Å²) in [5, 5.41) is 4.39. The molecule has 3 N–H and O–H groups in total. The van der Waals surface area contributed by atoms with Crippen LogP contribution in [0.2, 0.25) is 0 Å². The summed E-state index contributed by atoms with van der Waals surface area (Å²) in [6.07, 6.45) is 8.33. The lowest BCUT2D eigenvalue weighted by atomic mass is 9.94. The molecule has 0 aromatic carbocycles. The molecule has 3 heterocycles. The number of nitrogens with zero attached hydrogens (tertiary/aromatic N) is 5. The first-order valence-corrected chi connectivity index (χ1v) is 10.8. The fourth-order valence-electron chi connectivity index (χ4n) is 4.42. The van der Waals surface area contributed by atoms with Gasteiger partial charge in [-0.3, -0.25) is 9.89 Å². The minimum atomic E-state index is 0.216. The van der Waals surface area contributed by atoms with Gasteiger partial charge in [0.1, 0.15) is 18.3 Å². The van der Waals surface area contributed by atoms with Crippen LogP contribution in [0, 0.1) is 5.92 Å². The number of hydrogen-bond acceptors (Lipinski definition) is 6. The van der Waals surface area contributed by atoms with Crippen LogP contribution in [-0.4, -0.2) is 85.3 Å². The molecule has 0 spiro atoms. The Bertz CT molecular complexity index is 579. The smallest absolute Gasteiger partial charge is 0.137 e. The van der Waals surface area contributed by atoms with Crippen LogP contribution in [0.15, 0.2) is 15.1 Å². The molecule has 0 amide bonds. The molecule has 8 nitrogen and oxygen atoms in total. The molecule has 0 bridgehead atoms. The monoisotopic (exact) mass is 391 g/mol. The van der Waals surface area contributed by atoms with E-state index in [0.29, 0.717) is 5.92 Å². The van der Waals surface area contributed by atoms with Crippen LogP contribution in [0.4, 0.5) is 0 Å². The maximum absolute atomic E-state index is 6.16. The molecule has 2 unspecified atom stereocenters. The maximum atomic E-state index is 6.16. The van der Waals surface area contributed by atoms with Gasteiger partial charge in [0.25, 0.3) is 0 Å². The van der Waals surface area contributed by atoms with Gasteiger partial charge in [0, 0.05) is 56.8 Å². The summed E-state index contributed by atoms with van der Waals surface area (Å²) < 4.78 is 5.62. The van der Waals surface area contributed by atoms with E-state index < -0.39 is 0 Å². The van der Waals surface area contributed by atoms with E-state index >= 15 is 0 Å². The van der Waals surface area contributed by atoms with E-state index in [0.717, 1.165) is 64.3 Å². The molecule has 3 aliphatic heterocycles. The van der Waals surface area contributed by atoms with E-state index in [1.807, 2.05) is 0 Å². The Morgan fingerprint density at radius 2 is 2.29 bits per heavy atom. The molecule has 3 aliphatic rings. The Kier molecular flexibility index (Phi) is 7.82. The maximum Gasteiger partial charge on any atom is 0.137 e. The molecule has 0 saturated carbocycles. The molecule has 0 radical (unpaired) electrons. The van der Waals surface area contributed by atoms with Crippen LogP contribution in [0.3, 0.4) is 0 Å². The molecule has 2 fully saturated rings. The van der Waals surface area contributed by atoms with Crippen LogP contribution in [0.1, 0.15) is 46.5 Å². The Labute approximate surface area is 169 Å². The van der Waals surface area contributed by atoms with E-state index in [1.165, 1.54) is 0 Å². The number of amidine groups is 1. The number of hydrogen-bond donors (Lipinski definition) is 2. The first-order chi connectivity index (χ1) is 13.6. The summed E-state index contributed by atoms with van der Waals surface area (Å²) in [6.45, 7) is 11.0. The Balaban J connectivity index is 1.51. The van der Waals surface area contributed by atoms with Gasteiger partial charge in [-0.15, -0.1) is 0 Å².